The topological polar surface area (TPSA) is 130 Å². The number of hydrogen-bond acceptors (Lipinski definition) is 4. The van der Waals surface area contributed by atoms with Crippen LogP contribution in [0.1, 0.15) is 33.1 Å². The summed E-state index contributed by atoms with van der Waals surface area (Å²) in [5.41, 5.74) is 5.24. The molecule has 1 amide bonds. The van der Waals surface area contributed by atoms with Crippen LogP contribution in [-0.2, 0) is 14.4 Å². The molecule has 0 fully saturated rings. The molecule has 104 valence electrons. The summed E-state index contributed by atoms with van der Waals surface area (Å²) in [7, 11) is 0. The van der Waals surface area contributed by atoms with E-state index in [4.69, 9.17) is 15.9 Å². The molecule has 7 heteroatoms. The van der Waals surface area contributed by atoms with E-state index >= 15 is 0 Å². The van der Waals surface area contributed by atoms with Crippen LogP contribution in [0, 0.1) is 5.92 Å². The molecule has 7 nitrogen and oxygen atoms in total. The predicted molar refractivity (Wildman–Crippen MR) is 63.9 cm³/mol. The maximum Gasteiger partial charge on any atom is 0.326 e. The molecule has 0 bridgehead atoms. The van der Waals surface area contributed by atoms with Crippen LogP contribution in [-0.4, -0.2) is 40.1 Å². The zero-order valence-corrected chi connectivity index (χ0v) is 10.5. The lowest BCUT2D eigenvalue weighted by atomic mass is 10.0. The van der Waals surface area contributed by atoms with E-state index in [0.717, 1.165) is 0 Å². The predicted octanol–water partition coefficient (Wildman–Crippen LogP) is -0.206. The monoisotopic (exact) mass is 260 g/mol. The third-order valence-corrected chi connectivity index (χ3v) is 2.34. The molecule has 0 aliphatic rings. The van der Waals surface area contributed by atoms with Crippen LogP contribution in [0.2, 0.25) is 0 Å². The van der Waals surface area contributed by atoms with Crippen molar-refractivity contribution in [2.45, 2.75) is 45.2 Å². The van der Waals surface area contributed by atoms with E-state index in [1.165, 1.54) is 0 Å². The molecule has 18 heavy (non-hydrogen) atoms. The Morgan fingerprint density at radius 1 is 1.17 bits per heavy atom. The van der Waals surface area contributed by atoms with Crippen molar-refractivity contribution < 1.29 is 24.6 Å². The van der Waals surface area contributed by atoms with Gasteiger partial charge in [-0.25, -0.2) is 4.79 Å². The second kappa shape index (κ2) is 7.65. The van der Waals surface area contributed by atoms with Crippen molar-refractivity contribution in [2.24, 2.45) is 11.7 Å². The molecule has 0 rings (SSSR count). The first-order valence-electron chi connectivity index (χ1n) is 5.74. The zero-order valence-electron chi connectivity index (χ0n) is 10.5. The number of carboxylic acids is 2. The van der Waals surface area contributed by atoms with E-state index in [1.807, 2.05) is 13.8 Å². The van der Waals surface area contributed by atoms with Gasteiger partial charge in [0.25, 0.3) is 0 Å². The molecule has 0 saturated carbocycles. The van der Waals surface area contributed by atoms with Gasteiger partial charge >= 0.3 is 11.9 Å². The van der Waals surface area contributed by atoms with E-state index in [0.29, 0.717) is 6.42 Å². The van der Waals surface area contributed by atoms with Crippen LogP contribution in [0.3, 0.4) is 0 Å². The molecule has 5 N–H and O–H groups in total. The van der Waals surface area contributed by atoms with Crippen molar-refractivity contribution in [1.82, 2.24) is 5.32 Å². The minimum Gasteiger partial charge on any atom is -0.480 e. The van der Waals surface area contributed by atoms with Crippen LogP contribution in [0.15, 0.2) is 0 Å². The highest BCUT2D eigenvalue weighted by Crippen LogP contribution is 2.05. The Hall–Kier alpha value is -1.63. The fourth-order valence-electron chi connectivity index (χ4n) is 1.37. The third-order valence-electron chi connectivity index (χ3n) is 2.34. The van der Waals surface area contributed by atoms with Crippen molar-refractivity contribution in [1.29, 1.82) is 0 Å². The highest BCUT2D eigenvalue weighted by molar-refractivity contribution is 5.84. The summed E-state index contributed by atoms with van der Waals surface area (Å²) in [6.45, 7) is 3.70. The fourth-order valence-corrected chi connectivity index (χ4v) is 1.37. The lowest BCUT2D eigenvalue weighted by Crippen LogP contribution is -2.42. The highest BCUT2D eigenvalue weighted by atomic mass is 16.4. The first kappa shape index (κ1) is 16.4. The standard InChI is InChI=1S/C11H20N2O5/c1-6(2)5-8(11(17)18)13-9(14)4-3-7(12)10(15)16/h6-8H,3-5,12H2,1-2H3,(H,13,14)(H,15,16)(H,17,18)/t7?,8-/m0/s1. The van der Waals surface area contributed by atoms with Crippen LogP contribution < -0.4 is 11.1 Å². The average molecular weight is 260 g/mol. The van der Waals surface area contributed by atoms with Gasteiger partial charge in [0, 0.05) is 6.42 Å². The van der Waals surface area contributed by atoms with Gasteiger partial charge in [0.2, 0.25) is 5.91 Å². The Balaban J connectivity index is 4.18. The van der Waals surface area contributed by atoms with Gasteiger partial charge in [-0.05, 0) is 18.8 Å². The van der Waals surface area contributed by atoms with E-state index in [-0.39, 0.29) is 18.8 Å². The first-order valence-corrected chi connectivity index (χ1v) is 5.74. The molecule has 0 aromatic heterocycles. The fraction of sp³-hybridized carbons (Fsp3) is 0.727. The number of carbonyl (C=O) groups is 3. The van der Waals surface area contributed by atoms with Crippen molar-refractivity contribution in [3.05, 3.63) is 0 Å². The molecule has 1 unspecified atom stereocenters. The van der Waals surface area contributed by atoms with Gasteiger partial charge in [-0.2, -0.15) is 0 Å². The molecule has 0 aliphatic heterocycles. The Morgan fingerprint density at radius 3 is 2.11 bits per heavy atom. The maximum absolute atomic E-state index is 11.4. The average Bonchev–Trinajstić information content (AvgIpc) is 2.23. The molecule has 0 aromatic rings. The number of nitrogens with one attached hydrogen (secondary N) is 1. The van der Waals surface area contributed by atoms with Crippen LogP contribution in [0.25, 0.3) is 0 Å². The molecular formula is C11H20N2O5. The molecule has 0 radical (unpaired) electrons. The third kappa shape index (κ3) is 6.85. The highest BCUT2D eigenvalue weighted by Gasteiger charge is 2.21. The van der Waals surface area contributed by atoms with E-state index in [9.17, 15) is 14.4 Å². The second-order valence-corrected chi connectivity index (χ2v) is 4.57. The van der Waals surface area contributed by atoms with Gasteiger partial charge in [0.15, 0.2) is 0 Å². The second-order valence-electron chi connectivity index (χ2n) is 4.57. The van der Waals surface area contributed by atoms with Gasteiger partial charge in [-0.15, -0.1) is 0 Å². The largest absolute Gasteiger partial charge is 0.480 e. The Bertz CT molecular complexity index is 317. The van der Waals surface area contributed by atoms with Crippen LogP contribution >= 0.6 is 0 Å². The van der Waals surface area contributed by atoms with E-state index < -0.39 is 29.9 Å². The lowest BCUT2D eigenvalue weighted by Gasteiger charge is -2.16. The zero-order chi connectivity index (χ0) is 14.3. The lowest BCUT2D eigenvalue weighted by molar-refractivity contribution is -0.142. The summed E-state index contributed by atoms with van der Waals surface area (Å²) >= 11 is 0. The Labute approximate surface area is 105 Å². The minimum atomic E-state index is -1.18. The molecule has 0 spiro atoms. The van der Waals surface area contributed by atoms with Crippen molar-refractivity contribution in [2.75, 3.05) is 0 Å². The summed E-state index contributed by atoms with van der Waals surface area (Å²) in [5.74, 6) is -2.65. The molecule has 0 aliphatic carbocycles. The number of carbonyl (C=O) groups excluding carboxylic acids is 1. The number of amides is 1. The molecule has 0 saturated heterocycles. The van der Waals surface area contributed by atoms with Crippen molar-refractivity contribution in [3.63, 3.8) is 0 Å². The number of hydrogen-bond donors (Lipinski definition) is 4. The first-order chi connectivity index (χ1) is 8.23. The Kier molecular flexibility index (Phi) is 6.96. The van der Waals surface area contributed by atoms with E-state index in [2.05, 4.69) is 5.32 Å². The van der Waals surface area contributed by atoms with Gasteiger partial charge in [0.05, 0.1) is 0 Å². The number of carboxylic acid groups (broad SMARTS) is 2. The van der Waals surface area contributed by atoms with Crippen LogP contribution in [0.5, 0.6) is 0 Å². The SMILES string of the molecule is CC(C)C[C@H](NC(=O)CCC(N)C(=O)O)C(=O)O. The van der Waals surface area contributed by atoms with Gasteiger partial charge in [-0.3, -0.25) is 9.59 Å². The van der Waals surface area contributed by atoms with Gasteiger partial charge in [0.1, 0.15) is 12.1 Å². The van der Waals surface area contributed by atoms with Crippen molar-refractivity contribution in [3.8, 4) is 0 Å². The smallest absolute Gasteiger partial charge is 0.326 e. The summed E-state index contributed by atoms with van der Waals surface area (Å²) in [6, 6.07) is -2.05. The van der Waals surface area contributed by atoms with Crippen molar-refractivity contribution >= 4 is 17.8 Å². The van der Waals surface area contributed by atoms with Gasteiger partial charge < -0.3 is 21.3 Å². The molecule has 0 aromatic carbocycles. The summed E-state index contributed by atoms with van der Waals surface area (Å²) in [6.07, 6.45) is 0.205. The summed E-state index contributed by atoms with van der Waals surface area (Å²) in [5, 5.41) is 19.8. The van der Waals surface area contributed by atoms with Gasteiger partial charge in [-0.1, -0.05) is 13.8 Å². The molecule has 2 atom stereocenters. The normalized spacial score (nSPS) is 14.0. The number of aliphatic carboxylic acids is 2. The molecule has 0 heterocycles. The quantitative estimate of drug-likeness (QED) is 0.478. The summed E-state index contributed by atoms with van der Waals surface area (Å²) in [4.78, 5) is 32.8. The number of rotatable bonds is 8. The maximum atomic E-state index is 11.4. The summed E-state index contributed by atoms with van der Waals surface area (Å²) < 4.78 is 0. The Morgan fingerprint density at radius 2 is 1.72 bits per heavy atom. The minimum absolute atomic E-state index is 0.0187. The number of nitrogens with two attached hydrogens (primary N) is 1. The van der Waals surface area contributed by atoms with Crippen LogP contribution in [0.4, 0.5) is 0 Å². The molecular weight excluding hydrogens is 240 g/mol. The van der Waals surface area contributed by atoms with E-state index in [1.54, 1.807) is 0 Å².